The summed E-state index contributed by atoms with van der Waals surface area (Å²) in [5, 5.41) is 0. The summed E-state index contributed by atoms with van der Waals surface area (Å²) in [6, 6.07) is 0. The van der Waals surface area contributed by atoms with Crippen LogP contribution >= 0.6 is 0 Å². The fourth-order valence-electron chi connectivity index (χ4n) is 0. The molecule has 0 aliphatic carbocycles. The molecule has 11 heteroatoms. The zero-order chi connectivity index (χ0) is 9.00. The summed E-state index contributed by atoms with van der Waals surface area (Å²) in [5.41, 5.74) is 0. The Kier molecular flexibility index (Phi) is 9.88. The smallest absolute Gasteiger partial charge is 0.759 e. The van der Waals surface area contributed by atoms with E-state index in [0.29, 0.717) is 0 Å². The molecular weight excluding hydrogens is 307 g/mol. The van der Waals surface area contributed by atoms with Gasteiger partial charge < -0.3 is 13.7 Å². The summed E-state index contributed by atoms with van der Waals surface area (Å²) in [6.07, 6.45) is 0. The van der Waals surface area contributed by atoms with E-state index in [1.165, 1.54) is 0 Å². The van der Waals surface area contributed by atoms with Gasteiger partial charge in [-0.1, -0.05) is 0 Å². The molecule has 1 N–H and O–H groups in total. The fraction of sp³-hybridized carbons (Fsp3) is 0. The standard InChI is InChI=1S/In.2H2O4S/c;2*1-5(2,3)4/h;2*(H2,1,2,3,4)/q+3;;/p-3. The van der Waals surface area contributed by atoms with Crippen LogP contribution in [0.5, 0.6) is 0 Å². The van der Waals surface area contributed by atoms with Crippen molar-refractivity contribution < 1.29 is 35.0 Å². The van der Waals surface area contributed by atoms with Crippen molar-refractivity contribution in [1.29, 1.82) is 0 Å². The van der Waals surface area contributed by atoms with Crippen LogP contribution in [0.15, 0.2) is 0 Å². The van der Waals surface area contributed by atoms with Crippen molar-refractivity contribution in [3.05, 3.63) is 0 Å². The Morgan fingerprint density at radius 1 is 0.909 bits per heavy atom. The third kappa shape index (κ3) is 2110. The molecule has 0 atom stereocenters. The molecule has 0 fully saturated rings. The van der Waals surface area contributed by atoms with Crippen molar-refractivity contribution in [2.75, 3.05) is 0 Å². The van der Waals surface area contributed by atoms with Gasteiger partial charge in [-0.05, 0) is 0 Å². The number of hydrogen-bond donors (Lipinski definition) is 1. The van der Waals surface area contributed by atoms with Gasteiger partial charge in [-0.2, -0.15) is 0 Å². The SMILES string of the molecule is O=S(=O)([O-])O.O=S(=O)([O-])[O-].[In+3]. The van der Waals surface area contributed by atoms with Crippen molar-refractivity contribution >= 4 is 46.6 Å². The van der Waals surface area contributed by atoms with E-state index in [2.05, 4.69) is 0 Å². The van der Waals surface area contributed by atoms with Crippen molar-refractivity contribution in [2.24, 2.45) is 0 Å². The Morgan fingerprint density at radius 2 is 0.909 bits per heavy atom. The molecule has 0 bridgehead atoms. The first-order chi connectivity index (χ1) is 4.00. The third-order valence-corrected chi connectivity index (χ3v) is 0. The molecule has 64 valence electrons. The van der Waals surface area contributed by atoms with E-state index < -0.39 is 20.8 Å². The van der Waals surface area contributed by atoms with Crippen LogP contribution in [-0.4, -0.2) is 60.9 Å². The predicted octanol–water partition coefficient (Wildman–Crippen LogP) is -2.71. The van der Waals surface area contributed by atoms with Crippen molar-refractivity contribution in [1.82, 2.24) is 0 Å². The Balaban J connectivity index is -0.000000107. The van der Waals surface area contributed by atoms with Crippen LogP contribution in [0.25, 0.3) is 0 Å². The van der Waals surface area contributed by atoms with Crippen LogP contribution in [0.2, 0.25) is 0 Å². The zero-order valence-electron chi connectivity index (χ0n) is 4.70. The van der Waals surface area contributed by atoms with Gasteiger partial charge in [0, 0.05) is 10.4 Å². The predicted molar refractivity (Wildman–Crippen MR) is 28.6 cm³/mol. The molecule has 0 aromatic heterocycles. The van der Waals surface area contributed by atoms with E-state index in [1.807, 2.05) is 0 Å². The van der Waals surface area contributed by atoms with Crippen LogP contribution < -0.4 is 0 Å². The van der Waals surface area contributed by atoms with Gasteiger partial charge in [0.25, 0.3) is 0 Å². The minimum absolute atomic E-state index is 0. The largest absolute Gasteiger partial charge is 3.00 e. The van der Waals surface area contributed by atoms with E-state index in [-0.39, 0.29) is 25.8 Å². The van der Waals surface area contributed by atoms with Gasteiger partial charge in [-0.15, -0.1) is 0 Å². The van der Waals surface area contributed by atoms with E-state index in [9.17, 15) is 0 Å². The average molecular weight is 308 g/mol. The van der Waals surface area contributed by atoms with Crippen molar-refractivity contribution in [3.8, 4) is 0 Å². The van der Waals surface area contributed by atoms with E-state index in [1.54, 1.807) is 0 Å². The molecule has 0 heterocycles. The van der Waals surface area contributed by atoms with E-state index >= 15 is 0 Å². The molecule has 11 heavy (non-hydrogen) atoms. The molecule has 8 nitrogen and oxygen atoms in total. The van der Waals surface area contributed by atoms with Gasteiger partial charge in [0.15, 0.2) is 0 Å². The molecule has 0 unspecified atom stereocenters. The minimum Gasteiger partial charge on any atom is -0.759 e. The molecule has 0 aliphatic rings. The monoisotopic (exact) mass is 308 g/mol. The van der Waals surface area contributed by atoms with Crippen LogP contribution in [0.4, 0.5) is 0 Å². The second kappa shape index (κ2) is 6.16. The summed E-state index contributed by atoms with van der Waals surface area (Å²) in [4.78, 5) is 0. The topological polar surface area (TPSA) is 158 Å². The Labute approximate surface area is 81.6 Å². The number of hydrogen-bond acceptors (Lipinski definition) is 7. The second-order valence-electron chi connectivity index (χ2n) is 0.836. The summed E-state index contributed by atoms with van der Waals surface area (Å²) < 4.78 is 66.9. The van der Waals surface area contributed by atoms with Gasteiger partial charge >= 0.3 is 25.8 Å². The Hall–Kier alpha value is 0.610. The summed E-state index contributed by atoms with van der Waals surface area (Å²) in [7, 11) is -10.1. The Morgan fingerprint density at radius 3 is 0.909 bits per heavy atom. The van der Waals surface area contributed by atoms with Crippen molar-refractivity contribution in [3.63, 3.8) is 0 Å². The molecule has 0 aromatic carbocycles. The minimum atomic E-state index is -5.17. The van der Waals surface area contributed by atoms with Crippen LogP contribution in [-0.2, 0) is 20.8 Å². The zero-order valence-corrected chi connectivity index (χ0v) is 9.63. The third-order valence-electron chi connectivity index (χ3n) is 0. The van der Waals surface area contributed by atoms with Gasteiger partial charge in [0.05, 0.1) is 0 Å². The molecule has 0 rings (SSSR count). The molecular formula is HInO8S2. The van der Waals surface area contributed by atoms with Crippen LogP contribution in [0, 0.1) is 0 Å². The maximum atomic E-state index is 8.63. The van der Waals surface area contributed by atoms with Crippen molar-refractivity contribution in [2.45, 2.75) is 0 Å². The summed E-state index contributed by atoms with van der Waals surface area (Å²) >= 11 is 0. The average Bonchev–Trinajstić information content (AvgIpc) is 1.12. The van der Waals surface area contributed by atoms with E-state index in [0.717, 1.165) is 0 Å². The van der Waals surface area contributed by atoms with Crippen LogP contribution in [0.1, 0.15) is 0 Å². The first kappa shape index (κ1) is 17.6. The van der Waals surface area contributed by atoms with Crippen LogP contribution in [0.3, 0.4) is 0 Å². The number of rotatable bonds is 0. The molecule has 0 aliphatic heterocycles. The summed E-state index contributed by atoms with van der Waals surface area (Å²) in [5.74, 6) is 0. The van der Waals surface area contributed by atoms with E-state index in [4.69, 9.17) is 35.0 Å². The van der Waals surface area contributed by atoms with Gasteiger partial charge in [0.2, 0.25) is 10.4 Å². The molecule has 0 saturated heterocycles. The van der Waals surface area contributed by atoms with Gasteiger partial charge in [-0.25, -0.2) is 8.42 Å². The molecule has 0 amide bonds. The first-order valence-electron chi connectivity index (χ1n) is 1.35. The first-order valence-corrected chi connectivity index (χ1v) is 4.05. The maximum Gasteiger partial charge on any atom is 3.00 e. The molecule has 0 aromatic rings. The Bertz CT molecular complexity index is 208. The second-order valence-corrected chi connectivity index (χ2v) is 2.51. The quantitative estimate of drug-likeness (QED) is 0.373. The van der Waals surface area contributed by atoms with Gasteiger partial charge in [0.1, 0.15) is 0 Å². The molecule has 0 radical (unpaired) electrons. The normalized spacial score (nSPS) is 10.5. The maximum absolute atomic E-state index is 8.63. The molecule has 0 saturated carbocycles. The van der Waals surface area contributed by atoms with Gasteiger partial charge in [-0.3, -0.25) is 13.0 Å². The summed E-state index contributed by atoms with van der Waals surface area (Å²) in [6.45, 7) is 0. The fourth-order valence-corrected chi connectivity index (χ4v) is 0. The molecule has 0 spiro atoms.